The number of hydrogen-bond donors (Lipinski definition) is 1. The van der Waals surface area contributed by atoms with E-state index >= 15 is 0 Å². The van der Waals surface area contributed by atoms with Gasteiger partial charge < -0.3 is 18.8 Å². The molecule has 25 heavy (non-hydrogen) atoms. The molecule has 1 aromatic rings. The van der Waals surface area contributed by atoms with Gasteiger partial charge in [-0.2, -0.15) is 0 Å². The maximum absolute atomic E-state index is 12.0. The number of carbonyl (C=O) groups is 3. The molecule has 1 amide bonds. The Balaban J connectivity index is 3.01. The van der Waals surface area contributed by atoms with Gasteiger partial charge in [-0.15, -0.1) is 0 Å². The van der Waals surface area contributed by atoms with Crippen LogP contribution >= 0.6 is 0 Å². The maximum Gasteiger partial charge on any atom is 0.361 e. The smallest absolute Gasteiger partial charge is 0.361 e. The van der Waals surface area contributed by atoms with Gasteiger partial charge in [0.05, 0.1) is 11.8 Å². The fourth-order valence-corrected chi connectivity index (χ4v) is 1.70. The zero-order valence-electron chi connectivity index (χ0n) is 14.7. The van der Waals surface area contributed by atoms with Crippen LogP contribution in [0.25, 0.3) is 0 Å². The molecule has 138 valence electrons. The van der Waals surface area contributed by atoms with Crippen molar-refractivity contribution in [2.45, 2.75) is 34.4 Å². The molecule has 3 N–H and O–H groups in total. The van der Waals surface area contributed by atoms with Crippen LogP contribution < -0.4 is 15.9 Å². The molecule has 0 aliphatic heterocycles. The van der Waals surface area contributed by atoms with Crippen molar-refractivity contribution < 1.29 is 34.3 Å². The molecular formula is C16H23N2O7+. The van der Waals surface area contributed by atoms with E-state index in [0.717, 1.165) is 6.07 Å². The van der Waals surface area contributed by atoms with E-state index in [1.165, 1.54) is 10.8 Å². The Morgan fingerprint density at radius 3 is 2.16 bits per heavy atom. The van der Waals surface area contributed by atoms with Crippen LogP contribution in [0.3, 0.4) is 0 Å². The van der Waals surface area contributed by atoms with Crippen molar-refractivity contribution in [3.05, 3.63) is 28.2 Å². The summed E-state index contributed by atoms with van der Waals surface area (Å²) < 4.78 is 16.3. The highest BCUT2D eigenvalue weighted by Crippen LogP contribution is 2.13. The van der Waals surface area contributed by atoms with Crippen molar-refractivity contribution in [3.63, 3.8) is 0 Å². The van der Waals surface area contributed by atoms with Gasteiger partial charge in [0.25, 0.3) is 0 Å². The fourth-order valence-electron chi connectivity index (χ4n) is 1.70. The van der Waals surface area contributed by atoms with Crippen LogP contribution in [0.4, 0.5) is 0 Å². The molecular weight excluding hydrogens is 332 g/mol. The lowest BCUT2D eigenvalue weighted by molar-refractivity contribution is -0.256. The van der Waals surface area contributed by atoms with Gasteiger partial charge in [0, 0.05) is 12.3 Å². The number of esters is 2. The molecule has 0 radical (unpaired) electrons. The zero-order valence-corrected chi connectivity index (χ0v) is 14.7. The second kappa shape index (κ2) is 8.97. The number of pyridine rings is 1. The second-order valence-corrected chi connectivity index (χ2v) is 5.88. The lowest BCUT2D eigenvalue weighted by atomic mass is 10.2. The number of nitrogens with zero attached hydrogens (tertiary/aromatic N) is 1. The van der Waals surface area contributed by atoms with Crippen LogP contribution in [0.2, 0.25) is 0 Å². The number of carbonyl (C=O) groups excluding carboxylic acids is 3. The SMILES string of the molecule is CC(C)C(=O)OCOc1c(C([NH3+])=O)n(COC(=O)C(C)C)ccc1=O. The highest BCUT2D eigenvalue weighted by molar-refractivity contribution is 5.87. The van der Waals surface area contributed by atoms with Crippen molar-refractivity contribution in [1.82, 2.24) is 4.57 Å². The Morgan fingerprint density at radius 2 is 1.64 bits per heavy atom. The Bertz CT molecular complexity index is 707. The summed E-state index contributed by atoms with van der Waals surface area (Å²) in [5.74, 6) is -2.70. The number of amides is 1. The third-order valence-corrected chi connectivity index (χ3v) is 3.09. The summed E-state index contributed by atoms with van der Waals surface area (Å²) in [4.78, 5) is 46.8. The van der Waals surface area contributed by atoms with Crippen LogP contribution in [0.15, 0.2) is 17.1 Å². The van der Waals surface area contributed by atoms with Gasteiger partial charge in [-0.25, -0.2) is 4.79 Å². The average Bonchev–Trinajstić information content (AvgIpc) is 2.53. The Labute approximate surface area is 144 Å². The number of ether oxygens (including phenoxy) is 3. The van der Waals surface area contributed by atoms with Crippen molar-refractivity contribution >= 4 is 17.8 Å². The molecule has 0 aliphatic carbocycles. The molecule has 0 unspecified atom stereocenters. The van der Waals surface area contributed by atoms with Crippen molar-refractivity contribution in [2.24, 2.45) is 11.8 Å². The first-order valence-electron chi connectivity index (χ1n) is 7.71. The monoisotopic (exact) mass is 355 g/mol. The second-order valence-electron chi connectivity index (χ2n) is 5.88. The summed E-state index contributed by atoms with van der Waals surface area (Å²) in [6, 6.07) is 1.15. The summed E-state index contributed by atoms with van der Waals surface area (Å²) in [6.45, 7) is 5.81. The van der Waals surface area contributed by atoms with Crippen LogP contribution in [0.1, 0.15) is 38.2 Å². The van der Waals surface area contributed by atoms with Crippen LogP contribution in [0.5, 0.6) is 5.75 Å². The number of rotatable bonds is 8. The molecule has 9 heteroatoms. The predicted octanol–water partition coefficient (Wildman–Crippen LogP) is -0.0774. The summed E-state index contributed by atoms with van der Waals surface area (Å²) >= 11 is 0. The number of hydrogen-bond acceptors (Lipinski definition) is 7. The molecule has 0 atom stereocenters. The topological polar surface area (TPSA) is 129 Å². The molecule has 0 bridgehead atoms. The molecule has 0 fully saturated rings. The first-order valence-corrected chi connectivity index (χ1v) is 7.71. The van der Waals surface area contributed by atoms with Gasteiger partial charge in [0.1, 0.15) is 0 Å². The summed E-state index contributed by atoms with van der Waals surface area (Å²) in [5, 5.41) is 0. The van der Waals surface area contributed by atoms with E-state index in [1.807, 2.05) is 0 Å². The summed E-state index contributed by atoms with van der Waals surface area (Å²) in [5.41, 5.74) is 2.52. The molecule has 0 aromatic carbocycles. The predicted molar refractivity (Wildman–Crippen MR) is 85.3 cm³/mol. The summed E-state index contributed by atoms with van der Waals surface area (Å²) in [7, 11) is 0. The lowest BCUT2D eigenvalue weighted by Crippen LogP contribution is -2.58. The van der Waals surface area contributed by atoms with Crippen LogP contribution in [0, 0.1) is 11.8 Å². The van der Waals surface area contributed by atoms with Gasteiger partial charge in [0.15, 0.2) is 12.4 Å². The first kappa shape index (κ1) is 20.4. The quantitative estimate of drug-likeness (QED) is 0.510. The average molecular weight is 355 g/mol. The first-order chi connectivity index (χ1) is 11.6. The summed E-state index contributed by atoms with van der Waals surface area (Å²) in [6.07, 6.45) is 1.29. The van der Waals surface area contributed by atoms with Gasteiger partial charge in [-0.3, -0.25) is 20.1 Å². The van der Waals surface area contributed by atoms with Gasteiger partial charge >= 0.3 is 17.8 Å². The van der Waals surface area contributed by atoms with Crippen molar-refractivity contribution in [3.8, 4) is 5.75 Å². The third-order valence-electron chi connectivity index (χ3n) is 3.09. The Kier molecular flexibility index (Phi) is 7.31. The van der Waals surface area contributed by atoms with Gasteiger partial charge in [-0.1, -0.05) is 27.7 Å². The maximum atomic E-state index is 12.0. The third kappa shape index (κ3) is 5.71. The standard InChI is InChI=1S/C16H22N2O7/c1-9(2)15(21)23-7-18-6-5-11(19)13(12(18)14(17)20)24-8-25-16(22)10(3)4/h5-6,9-10H,7-8H2,1-4H3,(H2,17,20)/p+1. The molecule has 1 aromatic heterocycles. The van der Waals surface area contributed by atoms with E-state index in [1.54, 1.807) is 27.7 Å². The molecule has 0 spiro atoms. The van der Waals surface area contributed by atoms with E-state index in [-0.39, 0.29) is 30.0 Å². The minimum atomic E-state index is -0.705. The minimum Gasteiger partial charge on any atom is -0.451 e. The molecule has 0 saturated carbocycles. The van der Waals surface area contributed by atoms with Crippen LogP contribution in [-0.4, -0.2) is 29.2 Å². The Morgan fingerprint density at radius 1 is 1.08 bits per heavy atom. The molecule has 0 saturated heterocycles. The van der Waals surface area contributed by atoms with Gasteiger partial charge in [0.2, 0.25) is 18.0 Å². The lowest BCUT2D eigenvalue weighted by Gasteiger charge is -2.15. The largest absolute Gasteiger partial charge is 0.451 e. The van der Waals surface area contributed by atoms with Gasteiger partial charge in [-0.05, 0) is 0 Å². The van der Waals surface area contributed by atoms with E-state index in [4.69, 9.17) is 14.2 Å². The number of aromatic nitrogens is 1. The molecule has 1 rings (SSSR count). The molecule has 1 heterocycles. The van der Waals surface area contributed by atoms with Crippen molar-refractivity contribution in [1.29, 1.82) is 0 Å². The van der Waals surface area contributed by atoms with Crippen LogP contribution in [-0.2, 0) is 25.8 Å². The Hall–Kier alpha value is -2.68. The highest BCUT2D eigenvalue weighted by atomic mass is 16.7. The van der Waals surface area contributed by atoms with E-state index in [0.29, 0.717) is 0 Å². The normalized spacial score (nSPS) is 10.7. The molecule has 9 nitrogen and oxygen atoms in total. The van der Waals surface area contributed by atoms with E-state index < -0.39 is 30.1 Å². The minimum absolute atomic E-state index is 0.176. The highest BCUT2D eigenvalue weighted by Gasteiger charge is 2.22. The molecule has 0 aliphatic rings. The zero-order chi connectivity index (χ0) is 19.1. The fraction of sp³-hybridized carbons (Fsp3) is 0.500. The number of quaternary nitrogens is 1. The van der Waals surface area contributed by atoms with Crippen molar-refractivity contribution in [2.75, 3.05) is 6.79 Å². The van der Waals surface area contributed by atoms with E-state index in [2.05, 4.69) is 5.73 Å². The van der Waals surface area contributed by atoms with E-state index in [9.17, 15) is 19.2 Å².